The maximum Gasteiger partial charge on any atom is 0.264 e. The normalized spacial score (nSPS) is 19.1. The molecule has 1 aliphatic heterocycles. The van der Waals surface area contributed by atoms with Crippen LogP contribution in [0.2, 0.25) is 0 Å². The third kappa shape index (κ3) is 2.73. The van der Waals surface area contributed by atoms with Gasteiger partial charge in [-0.2, -0.15) is 0 Å². The third-order valence-corrected chi connectivity index (χ3v) is 2.86. The average molecular weight is 251 g/mol. The molecule has 2 N–H and O–H groups in total. The molecule has 0 saturated carbocycles. The Morgan fingerprint density at radius 2 is 2.22 bits per heavy atom. The molecule has 5 nitrogen and oxygen atoms in total. The van der Waals surface area contributed by atoms with Crippen LogP contribution >= 0.6 is 0 Å². The molecule has 0 aromatic heterocycles. The van der Waals surface area contributed by atoms with Gasteiger partial charge in [0.1, 0.15) is 6.61 Å². The SMILES string of the molecule is CC[C@@H](CO)NC(=O)[C@@H]1COc2ccccc2O1. The molecule has 1 amide bonds. The summed E-state index contributed by atoms with van der Waals surface area (Å²) in [4.78, 5) is 11.9. The number of hydrogen-bond donors (Lipinski definition) is 2. The summed E-state index contributed by atoms with van der Waals surface area (Å²) >= 11 is 0. The van der Waals surface area contributed by atoms with E-state index < -0.39 is 6.10 Å². The van der Waals surface area contributed by atoms with E-state index in [0.29, 0.717) is 17.9 Å². The standard InChI is InChI=1S/C13H17NO4/c1-2-9(7-15)14-13(16)12-8-17-10-5-3-4-6-11(10)18-12/h3-6,9,12,15H,2,7-8H2,1H3,(H,14,16)/t9-,12-/m0/s1. The number of rotatable bonds is 4. The van der Waals surface area contributed by atoms with Gasteiger partial charge in [-0.1, -0.05) is 19.1 Å². The molecule has 98 valence electrons. The van der Waals surface area contributed by atoms with Crippen LogP contribution in [-0.4, -0.2) is 36.4 Å². The number of carbonyl (C=O) groups excluding carboxylic acids is 1. The molecule has 0 aliphatic carbocycles. The van der Waals surface area contributed by atoms with Gasteiger partial charge in [-0.05, 0) is 18.6 Å². The molecule has 0 radical (unpaired) electrons. The summed E-state index contributed by atoms with van der Waals surface area (Å²) in [5.74, 6) is 0.960. The first kappa shape index (κ1) is 12.7. The van der Waals surface area contributed by atoms with Crippen molar-refractivity contribution in [1.82, 2.24) is 5.32 Å². The molecule has 0 fully saturated rings. The van der Waals surface area contributed by atoms with E-state index in [1.165, 1.54) is 0 Å². The summed E-state index contributed by atoms with van der Waals surface area (Å²) in [6.07, 6.45) is 0.00682. The number of fused-ring (bicyclic) bond motifs is 1. The monoisotopic (exact) mass is 251 g/mol. The minimum absolute atomic E-state index is 0.0770. The zero-order valence-corrected chi connectivity index (χ0v) is 10.3. The van der Waals surface area contributed by atoms with Gasteiger partial charge in [0.05, 0.1) is 12.6 Å². The molecule has 1 heterocycles. The van der Waals surface area contributed by atoms with E-state index in [0.717, 1.165) is 0 Å². The second kappa shape index (κ2) is 5.73. The van der Waals surface area contributed by atoms with Crippen molar-refractivity contribution in [2.75, 3.05) is 13.2 Å². The predicted octanol–water partition coefficient (Wildman–Crippen LogP) is 0.713. The molecule has 0 unspecified atom stereocenters. The lowest BCUT2D eigenvalue weighted by atomic mass is 10.2. The first-order valence-electron chi connectivity index (χ1n) is 6.04. The van der Waals surface area contributed by atoms with E-state index in [9.17, 15) is 4.79 Å². The molecule has 0 spiro atoms. The van der Waals surface area contributed by atoms with Crippen LogP contribution in [0.4, 0.5) is 0 Å². The summed E-state index contributed by atoms with van der Waals surface area (Å²) in [5, 5.41) is 11.8. The maximum absolute atomic E-state index is 11.9. The lowest BCUT2D eigenvalue weighted by molar-refractivity contribution is -0.131. The highest BCUT2D eigenvalue weighted by Gasteiger charge is 2.28. The zero-order valence-electron chi connectivity index (χ0n) is 10.3. The Labute approximate surface area is 106 Å². The van der Waals surface area contributed by atoms with Gasteiger partial charge in [0.2, 0.25) is 6.10 Å². The van der Waals surface area contributed by atoms with Crippen LogP contribution < -0.4 is 14.8 Å². The molecular weight excluding hydrogens is 234 g/mol. The van der Waals surface area contributed by atoms with Crippen LogP contribution in [0.25, 0.3) is 0 Å². The summed E-state index contributed by atoms with van der Waals surface area (Å²) in [6, 6.07) is 7.00. The molecule has 0 saturated heterocycles. The fraction of sp³-hybridized carbons (Fsp3) is 0.462. The summed E-state index contributed by atoms with van der Waals surface area (Å²) < 4.78 is 11.0. The molecule has 1 aromatic carbocycles. The van der Waals surface area contributed by atoms with Crippen LogP contribution in [0, 0.1) is 0 Å². The Balaban J connectivity index is 1.98. The molecule has 2 rings (SSSR count). The largest absolute Gasteiger partial charge is 0.485 e. The van der Waals surface area contributed by atoms with Crippen molar-refractivity contribution in [3.05, 3.63) is 24.3 Å². The van der Waals surface area contributed by atoms with Gasteiger partial charge in [0.15, 0.2) is 11.5 Å². The van der Waals surface area contributed by atoms with E-state index in [-0.39, 0.29) is 25.2 Å². The van der Waals surface area contributed by atoms with Gasteiger partial charge in [-0.3, -0.25) is 4.79 Å². The average Bonchev–Trinajstić information content (AvgIpc) is 2.44. The summed E-state index contributed by atoms with van der Waals surface area (Å²) in [7, 11) is 0. The molecule has 1 aromatic rings. The van der Waals surface area contributed by atoms with Crippen molar-refractivity contribution in [1.29, 1.82) is 0 Å². The van der Waals surface area contributed by atoms with Crippen LogP contribution in [0.1, 0.15) is 13.3 Å². The topological polar surface area (TPSA) is 67.8 Å². The van der Waals surface area contributed by atoms with Crippen LogP contribution in [0.15, 0.2) is 24.3 Å². The minimum Gasteiger partial charge on any atom is -0.485 e. The lowest BCUT2D eigenvalue weighted by Gasteiger charge is -2.26. The Hall–Kier alpha value is -1.75. The van der Waals surface area contributed by atoms with Crippen molar-refractivity contribution in [3.63, 3.8) is 0 Å². The minimum atomic E-state index is -0.666. The van der Waals surface area contributed by atoms with Crippen molar-refractivity contribution in [2.45, 2.75) is 25.5 Å². The van der Waals surface area contributed by atoms with Gasteiger partial charge in [-0.25, -0.2) is 0 Å². The highest BCUT2D eigenvalue weighted by molar-refractivity contribution is 5.82. The molecule has 18 heavy (non-hydrogen) atoms. The van der Waals surface area contributed by atoms with Crippen molar-refractivity contribution in [3.8, 4) is 11.5 Å². The van der Waals surface area contributed by atoms with E-state index >= 15 is 0 Å². The van der Waals surface area contributed by atoms with Gasteiger partial charge in [-0.15, -0.1) is 0 Å². The van der Waals surface area contributed by atoms with Crippen molar-refractivity contribution < 1.29 is 19.4 Å². The quantitative estimate of drug-likeness (QED) is 0.827. The van der Waals surface area contributed by atoms with Gasteiger partial charge in [0, 0.05) is 0 Å². The highest BCUT2D eigenvalue weighted by Crippen LogP contribution is 2.30. The number of ether oxygens (including phenoxy) is 2. The van der Waals surface area contributed by atoms with Gasteiger partial charge >= 0.3 is 0 Å². The third-order valence-electron chi connectivity index (χ3n) is 2.86. The van der Waals surface area contributed by atoms with Gasteiger partial charge in [0.25, 0.3) is 5.91 Å². The number of carbonyl (C=O) groups is 1. The second-order valence-corrected chi connectivity index (χ2v) is 4.16. The number of aliphatic hydroxyl groups excluding tert-OH is 1. The summed E-state index contributed by atoms with van der Waals surface area (Å²) in [6.45, 7) is 2.01. The Bertz CT molecular complexity index is 417. The van der Waals surface area contributed by atoms with Crippen LogP contribution in [0.5, 0.6) is 11.5 Å². The lowest BCUT2D eigenvalue weighted by Crippen LogP contribution is -2.48. The first-order valence-corrected chi connectivity index (χ1v) is 6.04. The number of para-hydroxylation sites is 2. The number of hydrogen-bond acceptors (Lipinski definition) is 4. The Morgan fingerprint density at radius 3 is 2.89 bits per heavy atom. The van der Waals surface area contributed by atoms with E-state index in [4.69, 9.17) is 14.6 Å². The first-order chi connectivity index (χ1) is 8.74. The fourth-order valence-corrected chi connectivity index (χ4v) is 1.72. The van der Waals surface area contributed by atoms with E-state index in [1.54, 1.807) is 12.1 Å². The Morgan fingerprint density at radius 1 is 1.50 bits per heavy atom. The maximum atomic E-state index is 11.9. The second-order valence-electron chi connectivity index (χ2n) is 4.16. The zero-order chi connectivity index (χ0) is 13.0. The smallest absolute Gasteiger partial charge is 0.264 e. The Kier molecular flexibility index (Phi) is 4.04. The number of benzene rings is 1. The number of amides is 1. The van der Waals surface area contributed by atoms with E-state index in [1.807, 2.05) is 19.1 Å². The molecule has 0 bridgehead atoms. The van der Waals surface area contributed by atoms with Crippen LogP contribution in [0.3, 0.4) is 0 Å². The van der Waals surface area contributed by atoms with Crippen LogP contribution in [-0.2, 0) is 4.79 Å². The summed E-state index contributed by atoms with van der Waals surface area (Å²) in [5.41, 5.74) is 0. The van der Waals surface area contributed by atoms with Crippen molar-refractivity contribution >= 4 is 5.91 Å². The fourth-order valence-electron chi connectivity index (χ4n) is 1.72. The molecule has 2 atom stereocenters. The van der Waals surface area contributed by atoms with E-state index in [2.05, 4.69) is 5.32 Å². The van der Waals surface area contributed by atoms with Gasteiger partial charge < -0.3 is 19.9 Å². The highest BCUT2D eigenvalue weighted by atomic mass is 16.6. The van der Waals surface area contributed by atoms with Crippen molar-refractivity contribution in [2.24, 2.45) is 0 Å². The molecule has 5 heteroatoms. The number of aliphatic hydroxyl groups is 1. The number of nitrogens with one attached hydrogen (secondary N) is 1. The molecule has 1 aliphatic rings. The molecular formula is C13H17NO4. The predicted molar refractivity (Wildman–Crippen MR) is 65.7 cm³/mol.